The molecule has 5 nitrogen and oxygen atoms in total. The van der Waals surface area contributed by atoms with E-state index in [1.807, 2.05) is 48.5 Å². The molecule has 0 aliphatic carbocycles. The number of amides is 1. The van der Waals surface area contributed by atoms with Crippen molar-refractivity contribution in [2.45, 2.75) is 25.8 Å². The van der Waals surface area contributed by atoms with Crippen molar-refractivity contribution in [3.63, 3.8) is 0 Å². The molecule has 0 aromatic heterocycles. The van der Waals surface area contributed by atoms with Crippen molar-refractivity contribution >= 4 is 27.8 Å². The summed E-state index contributed by atoms with van der Waals surface area (Å²) in [5.41, 5.74) is 2.02. The van der Waals surface area contributed by atoms with Crippen molar-refractivity contribution in [1.82, 2.24) is 5.32 Å². The minimum Gasteiger partial charge on any atom is -0.484 e. The van der Waals surface area contributed by atoms with Crippen molar-refractivity contribution in [3.05, 3.63) is 64.1 Å². The highest BCUT2D eigenvalue weighted by molar-refractivity contribution is 9.10. The second-order valence-corrected chi connectivity index (χ2v) is 6.65. The van der Waals surface area contributed by atoms with Crippen LogP contribution in [0.25, 0.3) is 0 Å². The average Bonchev–Trinajstić information content (AvgIpc) is 2.66. The molecule has 0 heterocycles. The van der Waals surface area contributed by atoms with Gasteiger partial charge < -0.3 is 14.8 Å². The van der Waals surface area contributed by atoms with Gasteiger partial charge in [-0.2, -0.15) is 0 Å². The van der Waals surface area contributed by atoms with E-state index in [1.54, 1.807) is 0 Å². The van der Waals surface area contributed by atoms with Crippen molar-refractivity contribution < 1.29 is 19.1 Å². The summed E-state index contributed by atoms with van der Waals surface area (Å²) in [6.45, 7) is 1.95. The first-order valence-electron chi connectivity index (χ1n) is 8.35. The summed E-state index contributed by atoms with van der Waals surface area (Å²) in [4.78, 5) is 23.9. The molecular formula is C20H22BrNO4. The number of benzene rings is 2. The number of nitrogens with one attached hydrogen (secondary N) is 1. The van der Waals surface area contributed by atoms with Gasteiger partial charge in [0, 0.05) is 4.47 Å². The van der Waals surface area contributed by atoms with Gasteiger partial charge in [-0.15, -0.1) is 0 Å². The summed E-state index contributed by atoms with van der Waals surface area (Å²) in [6, 6.07) is 14.6. The number of carbonyl (C=O) groups excluding carboxylic acids is 2. The van der Waals surface area contributed by atoms with Gasteiger partial charge in [0.15, 0.2) is 6.61 Å². The monoisotopic (exact) mass is 419 g/mol. The molecule has 1 unspecified atom stereocenters. The first kappa shape index (κ1) is 20.0. The lowest BCUT2D eigenvalue weighted by atomic mass is 10.0. The van der Waals surface area contributed by atoms with E-state index >= 15 is 0 Å². The summed E-state index contributed by atoms with van der Waals surface area (Å²) >= 11 is 3.37. The molecule has 2 aromatic rings. The van der Waals surface area contributed by atoms with Gasteiger partial charge in [-0.3, -0.25) is 9.59 Å². The summed E-state index contributed by atoms with van der Waals surface area (Å²) in [5.74, 6) is -0.0683. The van der Waals surface area contributed by atoms with Crippen molar-refractivity contribution in [2.75, 3.05) is 13.7 Å². The molecule has 0 bridgehead atoms. The number of halogens is 1. The lowest BCUT2D eigenvalue weighted by Gasteiger charge is -2.18. The van der Waals surface area contributed by atoms with Gasteiger partial charge in [0.2, 0.25) is 0 Å². The maximum absolute atomic E-state index is 12.3. The van der Waals surface area contributed by atoms with Gasteiger partial charge >= 0.3 is 5.97 Å². The molecule has 2 rings (SSSR count). The summed E-state index contributed by atoms with van der Waals surface area (Å²) < 4.78 is 11.2. The number of hydrogen-bond donors (Lipinski definition) is 1. The van der Waals surface area contributed by atoms with Crippen molar-refractivity contribution in [2.24, 2.45) is 0 Å². The van der Waals surface area contributed by atoms with Crippen LogP contribution in [0, 0.1) is 0 Å². The van der Waals surface area contributed by atoms with Crippen LogP contribution in [0.2, 0.25) is 0 Å². The van der Waals surface area contributed by atoms with Gasteiger partial charge in [0.05, 0.1) is 19.6 Å². The number of carbonyl (C=O) groups is 2. The summed E-state index contributed by atoms with van der Waals surface area (Å²) in [7, 11) is 1.33. The number of hydrogen-bond acceptors (Lipinski definition) is 4. The molecule has 6 heteroatoms. The largest absolute Gasteiger partial charge is 0.484 e. The van der Waals surface area contributed by atoms with E-state index in [0.717, 1.165) is 16.5 Å². The molecule has 0 fully saturated rings. The SMILES string of the molecule is CCc1ccc(OCC(=O)NC(CC(=O)OC)c2ccc(Br)cc2)cc1. The number of aryl methyl sites for hydroxylation is 1. The predicted molar refractivity (Wildman–Crippen MR) is 103 cm³/mol. The highest BCUT2D eigenvalue weighted by Gasteiger charge is 2.19. The molecule has 0 saturated carbocycles. The third kappa shape index (κ3) is 6.19. The van der Waals surface area contributed by atoms with Crippen LogP contribution in [-0.4, -0.2) is 25.6 Å². The fourth-order valence-electron chi connectivity index (χ4n) is 2.40. The van der Waals surface area contributed by atoms with Gasteiger partial charge in [-0.25, -0.2) is 0 Å². The lowest BCUT2D eigenvalue weighted by Crippen LogP contribution is -2.34. The number of methoxy groups -OCH3 is 1. The summed E-state index contributed by atoms with van der Waals surface area (Å²) in [6.07, 6.45) is 0.998. The Bertz CT molecular complexity index is 728. The Morgan fingerprint density at radius 2 is 1.73 bits per heavy atom. The van der Waals surface area contributed by atoms with Crippen LogP contribution in [0.3, 0.4) is 0 Å². The normalized spacial score (nSPS) is 11.5. The zero-order chi connectivity index (χ0) is 18.9. The molecule has 1 atom stereocenters. The standard InChI is InChI=1S/C20H22BrNO4/c1-3-14-4-10-17(11-5-14)26-13-19(23)22-18(12-20(24)25-2)15-6-8-16(21)9-7-15/h4-11,18H,3,12-13H2,1-2H3,(H,22,23). The topological polar surface area (TPSA) is 64.6 Å². The van der Waals surface area contributed by atoms with Gasteiger partial charge in [-0.1, -0.05) is 47.1 Å². The maximum Gasteiger partial charge on any atom is 0.307 e. The molecule has 0 saturated heterocycles. The minimum atomic E-state index is -0.478. The molecule has 26 heavy (non-hydrogen) atoms. The molecular weight excluding hydrogens is 398 g/mol. The lowest BCUT2D eigenvalue weighted by molar-refractivity contribution is -0.141. The van der Waals surface area contributed by atoms with E-state index in [1.165, 1.54) is 12.7 Å². The Morgan fingerprint density at radius 3 is 2.31 bits per heavy atom. The molecule has 138 valence electrons. The molecule has 1 amide bonds. The third-order valence-electron chi connectivity index (χ3n) is 3.91. The van der Waals surface area contributed by atoms with E-state index in [0.29, 0.717) is 5.75 Å². The van der Waals surface area contributed by atoms with Gasteiger partial charge in [-0.05, 0) is 41.8 Å². The zero-order valence-corrected chi connectivity index (χ0v) is 16.4. The van der Waals surface area contributed by atoms with Crippen LogP contribution >= 0.6 is 15.9 Å². The molecule has 0 radical (unpaired) electrons. The highest BCUT2D eigenvalue weighted by atomic mass is 79.9. The molecule has 1 N–H and O–H groups in total. The molecule has 2 aromatic carbocycles. The number of esters is 1. The van der Waals surface area contributed by atoms with Gasteiger partial charge in [0.25, 0.3) is 5.91 Å². The quantitative estimate of drug-likeness (QED) is 0.660. The second-order valence-electron chi connectivity index (χ2n) is 5.74. The van der Waals surface area contributed by atoms with E-state index in [-0.39, 0.29) is 18.9 Å². The van der Waals surface area contributed by atoms with Gasteiger partial charge in [0.1, 0.15) is 5.75 Å². The Hall–Kier alpha value is -2.34. The number of ether oxygens (including phenoxy) is 2. The predicted octanol–water partition coefficient (Wildman–Crippen LogP) is 3.81. The van der Waals surface area contributed by atoms with Crippen molar-refractivity contribution in [1.29, 1.82) is 0 Å². The highest BCUT2D eigenvalue weighted by Crippen LogP contribution is 2.20. The van der Waals surface area contributed by atoms with E-state index in [4.69, 9.17) is 9.47 Å². The molecule has 0 aliphatic heterocycles. The Morgan fingerprint density at radius 1 is 1.08 bits per heavy atom. The second kappa shape index (κ2) is 9.97. The van der Waals surface area contributed by atoms with E-state index in [2.05, 4.69) is 28.2 Å². The minimum absolute atomic E-state index is 0.0507. The fourth-order valence-corrected chi connectivity index (χ4v) is 2.67. The summed E-state index contributed by atoms with van der Waals surface area (Å²) in [5, 5.41) is 2.83. The molecule has 0 aliphatic rings. The van der Waals surface area contributed by atoms with Crippen LogP contribution in [0.15, 0.2) is 53.0 Å². The fraction of sp³-hybridized carbons (Fsp3) is 0.300. The zero-order valence-electron chi connectivity index (χ0n) is 14.8. The number of rotatable bonds is 8. The van der Waals surface area contributed by atoms with E-state index < -0.39 is 12.0 Å². The van der Waals surface area contributed by atoms with Crippen LogP contribution in [0.1, 0.15) is 30.5 Å². The maximum atomic E-state index is 12.3. The van der Waals surface area contributed by atoms with E-state index in [9.17, 15) is 9.59 Å². The van der Waals surface area contributed by atoms with Crippen LogP contribution in [-0.2, 0) is 20.7 Å². The third-order valence-corrected chi connectivity index (χ3v) is 4.44. The van der Waals surface area contributed by atoms with Crippen LogP contribution in [0.5, 0.6) is 5.75 Å². The Kier molecular flexibility index (Phi) is 7.66. The first-order valence-corrected chi connectivity index (χ1v) is 9.14. The average molecular weight is 420 g/mol. The molecule has 0 spiro atoms. The first-order chi connectivity index (χ1) is 12.5. The van der Waals surface area contributed by atoms with Crippen molar-refractivity contribution in [3.8, 4) is 5.75 Å². The Balaban J connectivity index is 1.98. The van der Waals surface area contributed by atoms with Crippen LogP contribution < -0.4 is 10.1 Å². The smallest absolute Gasteiger partial charge is 0.307 e. The Labute approximate surface area is 161 Å². The van der Waals surface area contributed by atoms with Crippen LogP contribution in [0.4, 0.5) is 0 Å².